The molecule has 0 fully saturated rings. The van der Waals surface area contributed by atoms with E-state index in [1.54, 1.807) is 0 Å². The molecule has 0 bridgehead atoms. The van der Waals surface area contributed by atoms with Gasteiger partial charge < -0.3 is 9.84 Å². The zero-order valence-corrected chi connectivity index (χ0v) is 9.99. The number of nitrogens with zero attached hydrogens (tertiary/aromatic N) is 1. The van der Waals surface area contributed by atoms with Crippen LogP contribution in [0.2, 0.25) is 0 Å². The van der Waals surface area contributed by atoms with Crippen LogP contribution in [-0.2, 0) is 19.4 Å². The molecule has 1 N–H and O–H groups in total. The molecular formula is C14H16N2O. The molecule has 3 heteroatoms. The van der Waals surface area contributed by atoms with Gasteiger partial charge in [-0.25, -0.2) is 0 Å². The van der Waals surface area contributed by atoms with E-state index in [0.29, 0.717) is 0 Å². The fourth-order valence-corrected chi connectivity index (χ4v) is 2.43. The number of rotatable bonds is 2. The van der Waals surface area contributed by atoms with Gasteiger partial charge in [0.25, 0.3) is 0 Å². The lowest BCUT2D eigenvalue weighted by atomic mass is 9.96. The standard InChI is InChI=1S/C14H16N2O/c1-2-10-5-3-4-6-11(10)14-12-7-8-15-9-13(12)17-16-14/h3-6,15H,2,7-9H2,1H3. The molecule has 88 valence electrons. The van der Waals surface area contributed by atoms with Crippen LogP contribution in [0.4, 0.5) is 0 Å². The predicted molar refractivity (Wildman–Crippen MR) is 66.7 cm³/mol. The van der Waals surface area contributed by atoms with E-state index in [2.05, 4.69) is 41.7 Å². The lowest BCUT2D eigenvalue weighted by Gasteiger charge is -2.12. The van der Waals surface area contributed by atoms with Crippen LogP contribution in [0.5, 0.6) is 0 Å². The van der Waals surface area contributed by atoms with Gasteiger partial charge in [0.2, 0.25) is 0 Å². The lowest BCUT2D eigenvalue weighted by Crippen LogP contribution is -2.22. The topological polar surface area (TPSA) is 38.1 Å². The fraction of sp³-hybridized carbons (Fsp3) is 0.357. The molecule has 0 atom stereocenters. The molecule has 0 amide bonds. The van der Waals surface area contributed by atoms with Gasteiger partial charge in [0.05, 0.1) is 6.54 Å². The van der Waals surface area contributed by atoms with Gasteiger partial charge in [-0.3, -0.25) is 0 Å². The monoisotopic (exact) mass is 228 g/mol. The summed E-state index contributed by atoms with van der Waals surface area (Å²) < 4.78 is 5.43. The molecule has 1 aromatic heterocycles. The minimum Gasteiger partial charge on any atom is -0.359 e. The van der Waals surface area contributed by atoms with Gasteiger partial charge in [0.15, 0.2) is 5.76 Å². The number of hydrogen-bond donors (Lipinski definition) is 1. The normalized spacial score (nSPS) is 14.6. The molecule has 0 saturated carbocycles. The Bertz CT molecular complexity index is 531. The van der Waals surface area contributed by atoms with Crippen LogP contribution in [0.1, 0.15) is 23.8 Å². The van der Waals surface area contributed by atoms with E-state index in [4.69, 9.17) is 4.52 Å². The van der Waals surface area contributed by atoms with Crippen molar-refractivity contribution in [1.29, 1.82) is 0 Å². The lowest BCUT2D eigenvalue weighted by molar-refractivity contribution is 0.367. The Morgan fingerprint density at radius 1 is 1.35 bits per heavy atom. The number of aryl methyl sites for hydroxylation is 1. The molecule has 0 spiro atoms. The van der Waals surface area contributed by atoms with Crippen LogP contribution in [-0.4, -0.2) is 11.7 Å². The number of fused-ring (bicyclic) bond motifs is 1. The zero-order chi connectivity index (χ0) is 11.7. The smallest absolute Gasteiger partial charge is 0.154 e. The van der Waals surface area contributed by atoms with Crippen molar-refractivity contribution in [3.05, 3.63) is 41.2 Å². The van der Waals surface area contributed by atoms with E-state index in [1.165, 1.54) is 16.7 Å². The van der Waals surface area contributed by atoms with Crippen molar-refractivity contribution in [2.45, 2.75) is 26.3 Å². The molecule has 3 rings (SSSR count). The van der Waals surface area contributed by atoms with E-state index in [9.17, 15) is 0 Å². The maximum Gasteiger partial charge on any atom is 0.154 e. The van der Waals surface area contributed by atoms with Gasteiger partial charge in [-0.2, -0.15) is 0 Å². The first-order chi connectivity index (χ1) is 8.40. The number of aromatic nitrogens is 1. The van der Waals surface area contributed by atoms with Crippen LogP contribution in [0, 0.1) is 0 Å². The average Bonchev–Trinajstić information content (AvgIpc) is 2.82. The molecule has 0 unspecified atom stereocenters. The highest BCUT2D eigenvalue weighted by atomic mass is 16.5. The zero-order valence-electron chi connectivity index (χ0n) is 9.99. The van der Waals surface area contributed by atoms with Crippen molar-refractivity contribution >= 4 is 0 Å². The average molecular weight is 228 g/mol. The van der Waals surface area contributed by atoms with Crippen molar-refractivity contribution in [3.8, 4) is 11.3 Å². The summed E-state index contributed by atoms with van der Waals surface area (Å²) in [5, 5.41) is 7.56. The quantitative estimate of drug-likeness (QED) is 0.858. The highest BCUT2D eigenvalue weighted by molar-refractivity contribution is 5.67. The molecule has 2 aromatic rings. The second-order valence-corrected chi connectivity index (χ2v) is 4.37. The highest BCUT2D eigenvalue weighted by Crippen LogP contribution is 2.30. The number of hydrogen-bond acceptors (Lipinski definition) is 3. The van der Waals surface area contributed by atoms with Crippen molar-refractivity contribution in [3.63, 3.8) is 0 Å². The van der Waals surface area contributed by atoms with E-state index in [0.717, 1.165) is 37.4 Å². The third-order valence-electron chi connectivity index (χ3n) is 3.36. The van der Waals surface area contributed by atoms with Gasteiger partial charge in [-0.05, 0) is 24.9 Å². The van der Waals surface area contributed by atoms with Gasteiger partial charge in [0, 0.05) is 11.1 Å². The van der Waals surface area contributed by atoms with Gasteiger partial charge in [-0.1, -0.05) is 36.3 Å². The molecule has 1 aliphatic heterocycles. The molecule has 0 aliphatic carbocycles. The number of benzene rings is 1. The summed E-state index contributed by atoms with van der Waals surface area (Å²) in [4.78, 5) is 0. The fourth-order valence-electron chi connectivity index (χ4n) is 2.43. The molecule has 2 heterocycles. The first-order valence-corrected chi connectivity index (χ1v) is 6.16. The Balaban J connectivity index is 2.12. The molecule has 1 aromatic carbocycles. The largest absolute Gasteiger partial charge is 0.359 e. The Hall–Kier alpha value is -1.61. The summed E-state index contributed by atoms with van der Waals surface area (Å²) in [6.45, 7) is 3.99. The summed E-state index contributed by atoms with van der Waals surface area (Å²) in [6, 6.07) is 8.45. The Morgan fingerprint density at radius 2 is 2.24 bits per heavy atom. The van der Waals surface area contributed by atoms with E-state index in [-0.39, 0.29) is 0 Å². The third kappa shape index (κ3) is 1.76. The molecule has 0 saturated heterocycles. The summed E-state index contributed by atoms with van der Waals surface area (Å²) in [6.07, 6.45) is 2.03. The Kier molecular flexibility index (Phi) is 2.69. The first-order valence-electron chi connectivity index (χ1n) is 6.16. The van der Waals surface area contributed by atoms with E-state index >= 15 is 0 Å². The summed E-state index contributed by atoms with van der Waals surface area (Å²) in [7, 11) is 0. The second kappa shape index (κ2) is 4.34. The molecule has 0 radical (unpaired) electrons. The maximum atomic E-state index is 5.43. The van der Waals surface area contributed by atoms with Crippen molar-refractivity contribution in [2.24, 2.45) is 0 Å². The van der Waals surface area contributed by atoms with Gasteiger partial charge in [-0.15, -0.1) is 0 Å². The SMILES string of the molecule is CCc1ccccc1-c1noc2c1CCNC2. The highest BCUT2D eigenvalue weighted by Gasteiger charge is 2.21. The van der Waals surface area contributed by atoms with Crippen LogP contribution in [0.3, 0.4) is 0 Å². The van der Waals surface area contributed by atoms with Crippen LogP contribution in [0.25, 0.3) is 11.3 Å². The van der Waals surface area contributed by atoms with Crippen molar-refractivity contribution < 1.29 is 4.52 Å². The maximum absolute atomic E-state index is 5.43. The Morgan fingerprint density at radius 3 is 3.12 bits per heavy atom. The van der Waals surface area contributed by atoms with Crippen LogP contribution >= 0.6 is 0 Å². The minimum absolute atomic E-state index is 0.802. The van der Waals surface area contributed by atoms with Crippen molar-refractivity contribution in [2.75, 3.05) is 6.54 Å². The molecule has 17 heavy (non-hydrogen) atoms. The van der Waals surface area contributed by atoms with Gasteiger partial charge >= 0.3 is 0 Å². The minimum atomic E-state index is 0.802. The van der Waals surface area contributed by atoms with Gasteiger partial charge in [0.1, 0.15) is 5.69 Å². The third-order valence-corrected chi connectivity index (χ3v) is 3.36. The molecule has 1 aliphatic rings. The predicted octanol–water partition coefficient (Wildman–Crippen LogP) is 2.55. The van der Waals surface area contributed by atoms with Crippen LogP contribution in [0.15, 0.2) is 28.8 Å². The summed E-state index contributed by atoms with van der Waals surface area (Å²) >= 11 is 0. The Labute approximate surface area is 101 Å². The molecular weight excluding hydrogens is 212 g/mol. The van der Waals surface area contributed by atoms with E-state index < -0.39 is 0 Å². The number of nitrogens with one attached hydrogen (secondary N) is 1. The summed E-state index contributed by atoms with van der Waals surface area (Å²) in [5.41, 5.74) is 4.88. The first kappa shape index (κ1) is 10.5. The van der Waals surface area contributed by atoms with E-state index in [1.807, 2.05) is 0 Å². The van der Waals surface area contributed by atoms with Crippen molar-refractivity contribution in [1.82, 2.24) is 10.5 Å². The van der Waals surface area contributed by atoms with Crippen LogP contribution < -0.4 is 5.32 Å². The second-order valence-electron chi connectivity index (χ2n) is 4.37. The summed E-state index contributed by atoms with van der Waals surface area (Å²) in [5.74, 6) is 0.997. The molecule has 3 nitrogen and oxygen atoms in total.